The third-order valence-corrected chi connectivity index (χ3v) is 4.63. The summed E-state index contributed by atoms with van der Waals surface area (Å²) in [5, 5.41) is 3.90. The molecule has 3 aromatic rings. The quantitative estimate of drug-likeness (QED) is 0.404. The molecule has 28 heavy (non-hydrogen) atoms. The van der Waals surface area contributed by atoms with Crippen LogP contribution < -0.4 is 5.32 Å². The topological polar surface area (TPSA) is 64.1 Å². The van der Waals surface area contributed by atoms with E-state index in [0.717, 1.165) is 28.4 Å². The maximum atomic E-state index is 12.1. The Kier molecular flexibility index (Phi) is 7.12. The normalized spacial score (nSPS) is 10.6. The van der Waals surface area contributed by atoms with E-state index in [1.54, 1.807) is 13.3 Å². The van der Waals surface area contributed by atoms with Crippen LogP contribution in [0, 0.1) is 0 Å². The van der Waals surface area contributed by atoms with Crippen LogP contribution in [0.1, 0.15) is 34.5 Å². The number of Topliss-reactive ketones (excluding diaryl/α,β-unsaturated/α-hetero) is 1. The highest BCUT2D eigenvalue weighted by Gasteiger charge is 2.07. The van der Waals surface area contributed by atoms with Gasteiger partial charge in [-0.05, 0) is 48.4 Å². The van der Waals surface area contributed by atoms with E-state index < -0.39 is 0 Å². The van der Waals surface area contributed by atoms with Crippen molar-refractivity contribution in [3.05, 3.63) is 82.6 Å². The van der Waals surface area contributed by atoms with E-state index in [2.05, 4.69) is 15.3 Å². The van der Waals surface area contributed by atoms with Gasteiger partial charge in [0.2, 0.25) is 5.95 Å². The highest BCUT2D eigenvalue weighted by Crippen LogP contribution is 2.19. The summed E-state index contributed by atoms with van der Waals surface area (Å²) >= 11 is 6.23. The number of rotatable bonds is 9. The van der Waals surface area contributed by atoms with Crippen molar-refractivity contribution in [2.75, 3.05) is 19.0 Å². The van der Waals surface area contributed by atoms with Crippen molar-refractivity contribution in [3.63, 3.8) is 0 Å². The summed E-state index contributed by atoms with van der Waals surface area (Å²) in [4.78, 5) is 20.9. The first-order valence-electron chi connectivity index (χ1n) is 9.10. The monoisotopic (exact) mass is 395 g/mol. The molecule has 0 saturated carbocycles. The van der Waals surface area contributed by atoms with Crippen molar-refractivity contribution in [1.82, 2.24) is 9.97 Å². The highest BCUT2D eigenvalue weighted by atomic mass is 35.5. The Labute approximate surface area is 169 Å². The van der Waals surface area contributed by atoms with Crippen LogP contribution in [0.4, 0.5) is 11.6 Å². The molecule has 1 aromatic heterocycles. The van der Waals surface area contributed by atoms with Gasteiger partial charge in [-0.1, -0.05) is 29.8 Å². The smallest absolute Gasteiger partial charge is 0.227 e. The number of hydrogen-bond donors (Lipinski definition) is 1. The number of halogens is 1. The molecule has 0 unspecified atom stereocenters. The number of ether oxygens (including phenoxy) is 1. The van der Waals surface area contributed by atoms with E-state index >= 15 is 0 Å². The molecule has 0 bridgehead atoms. The molecule has 1 N–H and O–H groups in total. The van der Waals surface area contributed by atoms with Gasteiger partial charge < -0.3 is 10.1 Å². The Bertz CT molecular complexity index is 929. The maximum absolute atomic E-state index is 12.1. The lowest BCUT2D eigenvalue weighted by Crippen LogP contribution is -2.03. The molecule has 0 aliphatic carbocycles. The van der Waals surface area contributed by atoms with Gasteiger partial charge in [0.1, 0.15) is 0 Å². The minimum Gasteiger partial charge on any atom is -0.385 e. The van der Waals surface area contributed by atoms with Crippen LogP contribution in [0.5, 0.6) is 0 Å². The Hall–Kier alpha value is -2.76. The predicted molar refractivity (Wildman–Crippen MR) is 111 cm³/mol. The first-order chi connectivity index (χ1) is 13.7. The number of carbonyl (C=O) groups excluding carboxylic acids is 1. The van der Waals surface area contributed by atoms with Crippen LogP contribution in [-0.4, -0.2) is 29.5 Å². The first kappa shape index (κ1) is 20.0. The van der Waals surface area contributed by atoms with Gasteiger partial charge in [-0.15, -0.1) is 0 Å². The summed E-state index contributed by atoms with van der Waals surface area (Å²) in [5.74, 6) is 0.616. The molecule has 144 valence electrons. The molecule has 0 aliphatic rings. The summed E-state index contributed by atoms with van der Waals surface area (Å²) in [6, 6.07) is 16.9. The van der Waals surface area contributed by atoms with Crippen molar-refractivity contribution >= 4 is 29.0 Å². The van der Waals surface area contributed by atoms with E-state index in [0.29, 0.717) is 31.0 Å². The van der Waals surface area contributed by atoms with Crippen LogP contribution in [0.2, 0.25) is 5.02 Å². The second-order valence-corrected chi connectivity index (χ2v) is 6.77. The molecule has 0 aliphatic heterocycles. The molecule has 0 amide bonds. The number of hydrogen-bond acceptors (Lipinski definition) is 5. The Morgan fingerprint density at radius 3 is 2.64 bits per heavy atom. The average Bonchev–Trinajstić information content (AvgIpc) is 2.71. The van der Waals surface area contributed by atoms with Crippen molar-refractivity contribution in [3.8, 4) is 0 Å². The summed E-state index contributed by atoms with van der Waals surface area (Å²) in [7, 11) is 1.64. The number of anilines is 2. The Morgan fingerprint density at radius 1 is 1.11 bits per heavy atom. The fourth-order valence-corrected chi connectivity index (χ4v) is 2.98. The van der Waals surface area contributed by atoms with Crippen molar-refractivity contribution in [2.24, 2.45) is 0 Å². The van der Waals surface area contributed by atoms with Gasteiger partial charge in [0.05, 0.1) is 5.69 Å². The summed E-state index contributed by atoms with van der Waals surface area (Å²) in [6.45, 7) is 0.591. The molecule has 3 rings (SSSR count). The molecule has 1 heterocycles. The van der Waals surface area contributed by atoms with E-state index in [-0.39, 0.29) is 5.78 Å². The first-order valence-corrected chi connectivity index (χ1v) is 9.48. The molecular weight excluding hydrogens is 374 g/mol. The zero-order valence-electron chi connectivity index (χ0n) is 15.7. The van der Waals surface area contributed by atoms with Gasteiger partial charge in [-0.25, -0.2) is 9.97 Å². The Balaban J connectivity index is 1.64. The Morgan fingerprint density at radius 2 is 1.89 bits per heavy atom. The third-order valence-electron chi connectivity index (χ3n) is 4.26. The standard InChI is InChI=1S/C22H22ClN3O2/c1-28-14-4-7-21(27)16-8-10-18(11-9-16)25-22-24-13-12-19(26-22)15-17-5-2-3-6-20(17)23/h2-3,5-6,8-13H,4,7,14-15H2,1H3,(H,24,25,26). The van der Waals surface area contributed by atoms with E-state index in [9.17, 15) is 4.79 Å². The van der Waals surface area contributed by atoms with E-state index in [1.807, 2.05) is 54.6 Å². The lowest BCUT2D eigenvalue weighted by molar-refractivity contribution is 0.0963. The maximum Gasteiger partial charge on any atom is 0.227 e. The van der Waals surface area contributed by atoms with E-state index in [4.69, 9.17) is 16.3 Å². The van der Waals surface area contributed by atoms with Crippen molar-refractivity contribution < 1.29 is 9.53 Å². The van der Waals surface area contributed by atoms with Gasteiger partial charge in [-0.2, -0.15) is 0 Å². The number of nitrogens with one attached hydrogen (secondary N) is 1. The van der Waals surface area contributed by atoms with Gasteiger partial charge in [0.25, 0.3) is 0 Å². The summed E-state index contributed by atoms with van der Waals surface area (Å²) < 4.78 is 4.98. The van der Waals surface area contributed by atoms with Gasteiger partial charge >= 0.3 is 0 Å². The predicted octanol–water partition coefficient (Wildman–Crippen LogP) is 5.07. The number of carbonyl (C=O) groups is 1. The molecule has 0 fully saturated rings. The summed E-state index contributed by atoms with van der Waals surface area (Å²) in [6.07, 6.45) is 3.55. The lowest BCUT2D eigenvalue weighted by atomic mass is 10.1. The molecule has 0 spiro atoms. The van der Waals surface area contributed by atoms with Crippen LogP contribution in [0.25, 0.3) is 0 Å². The number of benzene rings is 2. The largest absolute Gasteiger partial charge is 0.385 e. The average molecular weight is 396 g/mol. The minimum atomic E-state index is 0.113. The zero-order chi connectivity index (χ0) is 19.8. The zero-order valence-corrected chi connectivity index (χ0v) is 16.4. The molecule has 2 aromatic carbocycles. The molecular formula is C22H22ClN3O2. The fraction of sp³-hybridized carbons (Fsp3) is 0.227. The highest BCUT2D eigenvalue weighted by molar-refractivity contribution is 6.31. The fourth-order valence-electron chi connectivity index (χ4n) is 2.78. The molecule has 6 heteroatoms. The molecule has 0 saturated heterocycles. The van der Waals surface area contributed by atoms with Gasteiger partial charge in [0.15, 0.2) is 5.78 Å². The number of nitrogens with zero attached hydrogens (tertiary/aromatic N) is 2. The second-order valence-electron chi connectivity index (χ2n) is 6.36. The number of aromatic nitrogens is 2. The van der Waals surface area contributed by atoms with Gasteiger partial charge in [0, 0.05) is 49.0 Å². The van der Waals surface area contributed by atoms with Crippen LogP contribution in [-0.2, 0) is 11.2 Å². The van der Waals surface area contributed by atoms with Crippen molar-refractivity contribution in [1.29, 1.82) is 0 Å². The SMILES string of the molecule is COCCCC(=O)c1ccc(Nc2nccc(Cc3ccccc3Cl)n2)cc1. The minimum absolute atomic E-state index is 0.113. The number of methoxy groups -OCH3 is 1. The second kappa shape index (κ2) is 9.97. The van der Waals surface area contributed by atoms with Gasteiger partial charge in [-0.3, -0.25) is 4.79 Å². The van der Waals surface area contributed by atoms with E-state index in [1.165, 1.54) is 0 Å². The van der Waals surface area contributed by atoms with Crippen molar-refractivity contribution in [2.45, 2.75) is 19.3 Å². The number of ketones is 1. The lowest BCUT2D eigenvalue weighted by Gasteiger charge is -2.08. The summed E-state index contributed by atoms with van der Waals surface area (Å²) in [5.41, 5.74) is 3.40. The molecule has 0 atom stereocenters. The third kappa shape index (κ3) is 5.62. The van der Waals surface area contributed by atoms with Crippen LogP contribution in [0.15, 0.2) is 60.8 Å². The van der Waals surface area contributed by atoms with Crippen LogP contribution in [0.3, 0.4) is 0 Å². The van der Waals surface area contributed by atoms with Crippen LogP contribution >= 0.6 is 11.6 Å². The molecule has 0 radical (unpaired) electrons. The molecule has 5 nitrogen and oxygen atoms in total.